The number of rotatable bonds is 4. The fourth-order valence-corrected chi connectivity index (χ4v) is 1.32. The van der Waals surface area contributed by atoms with Gasteiger partial charge in [0.1, 0.15) is 6.10 Å². The van der Waals surface area contributed by atoms with Crippen molar-refractivity contribution in [2.75, 3.05) is 0 Å². The molecule has 1 aromatic carbocycles. The molecule has 0 amide bonds. The number of benzene rings is 1. The van der Waals surface area contributed by atoms with Gasteiger partial charge in [-0.15, -0.1) is 0 Å². The highest BCUT2D eigenvalue weighted by Gasteiger charge is 2.14. The van der Waals surface area contributed by atoms with Crippen LogP contribution in [0.2, 0.25) is 0 Å². The molecule has 0 bridgehead atoms. The summed E-state index contributed by atoms with van der Waals surface area (Å²) in [5.41, 5.74) is 6.78. The molecule has 0 heterocycles. The van der Waals surface area contributed by atoms with Gasteiger partial charge in [-0.25, -0.2) is 4.39 Å². The Labute approximate surface area is 90.2 Å². The third-order valence-electron chi connectivity index (χ3n) is 2.47. The first kappa shape index (κ1) is 12.0. The van der Waals surface area contributed by atoms with Gasteiger partial charge >= 0.3 is 0 Å². The molecule has 0 aliphatic heterocycles. The molecule has 0 saturated heterocycles. The minimum atomic E-state index is -0.337. The predicted molar refractivity (Wildman–Crippen MR) is 59.5 cm³/mol. The monoisotopic (exact) mass is 211 g/mol. The van der Waals surface area contributed by atoms with Gasteiger partial charge in [-0.05, 0) is 38.0 Å². The van der Waals surface area contributed by atoms with Gasteiger partial charge in [-0.2, -0.15) is 0 Å². The first-order valence-electron chi connectivity index (χ1n) is 5.23. The summed E-state index contributed by atoms with van der Waals surface area (Å²) in [5.74, 6) is -0.0536. The van der Waals surface area contributed by atoms with Gasteiger partial charge in [-0.1, -0.05) is 13.0 Å². The van der Waals surface area contributed by atoms with E-state index >= 15 is 0 Å². The number of hydrogen-bond acceptors (Lipinski definition) is 2. The van der Waals surface area contributed by atoms with Gasteiger partial charge in [0, 0.05) is 6.04 Å². The molecule has 1 aromatic rings. The summed E-state index contributed by atoms with van der Waals surface area (Å²) in [4.78, 5) is 0. The lowest BCUT2D eigenvalue weighted by Gasteiger charge is -2.20. The molecule has 2 atom stereocenters. The number of nitrogens with two attached hydrogens (primary N) is 1. The molecule has 0 fully saturated rings. The predicted octanol–water partition coefficient (Wildman–Crippen LogP) is 2.64. The van der Waals surface area contributed by atoms with Crippen molar-refractivity contribution < 1.29 is 9.13 Å². The second-order valence-electron chi connectivity index (χ2n) is 3.83. The highest BCUT2D eigenvalue weighted by Crippen LogP contribution is 2.20. The van der Waals surface area contributed by atoms with Crippen molar-refractivity contribution >= 4 is 0 Å². The zero-order valence-electron chi connectivity index (χ0n) is 9.46. The zero-order chi connectivity index (χ0) is 11.4. The topological polar surface area (TPSA) is 35.2 Å². The van der Waals surface area contributed by atoms with Gasteiger partial charge in [-0.3, -0.25) is 0 Å². The van der Waals surface area contributed by atoms with Crippen molar-refractivity contribution in [3.8, 4) is 5.75 Å². The molecular formula is C12H18FNO. The lowest BCUT2D eigenvalue weighted by atomic mass is 10.1. The molecule has 0 aromatic heterocycles. The molecule has 84 valence electrons. The Morgan fingerprint density at radius 2 is 2.13 bits per heavy atom. The van der Waals surface area contributed by atoms with Crippen molar-refractivity contribution in [2.24, 2.45) is 5.73 Å². The summed E-state index contributed by atoms with van der Waals surface area (Å²) < 4.78 is 18.8. The summed E-state index contributed by atoms with van der Waals surface area (Å²) in [6.07, 6.45) is 0.639. The normalized spacial score (nSPS) is 14.7. The Hall–Kier alpha value is -1.09. The average molecular weight is 211 g/mol. The van der Waals surface area contributed by atoms with Crippen LogP contribution in [0.3, 0.4) is 0 Å². The van der Waals surface area contributed by atoms with Gasteiger partial charge in [0.05, 0.1) is 0 Å². The van der Waals surface area contributed by atoms with Crippen molar-refractivity contribution in [2.45, 2.75) is 39.3 Å². The Kier molecular flexibility index (Phi) is 4.09. The molecule has 0 aliphatic carbocycles. The van der Waals surface area contributed by atoms with E-state index in [9.17, 15) is 4.39 Å². The molecule has 1 rings (SSSR count). The second kappa shape index (κ2) is 5.12. The van der Waals surface area contributed by atoms with Crippen LogP contribution in [0.15, 0.2) is 18.2 Å². The highest BCUT2D eigenvalue weighted by atomic mass is 19.1. The van der Waals surface area contributed by atoms with Gasteiger partial charge in [0.15, 0.2) is 11.6 Å². The lowest BCUT2D eigenvalue weighted by molar-refractivity contribution is 0.179. The lowest BCUT2D eigenvalue weighted by Crippen LogP contribution is -2.36. The Balaban J connectivity index is 2.75. The molecule has 2 unspecified atom stereocenters. The van der Waals surface area contributed by atoms with Crippen LogP contribution in [0, 0.1) is 12.7 Å². The Morgan fingerprint density at radius 1 is 1.47 bits per heavy atom. The van der Waals surface area contributed by atoms with E-state index < -0.39 is 0 Å². The number of aryl methyl sites for hydroxylation is 1. The van der Waals surface area contributed by atoms with E-state index in [1.165, 1.54) is 6.07 Å². The van der Waals surface area contributed by atoms with Gasteiger partial charge in [0.2, 0.25) is 0 Å². The van der Waals surface area contributed by atoms with E-state index in [2.05, 4.69) is 0 Å². The Morgan fingerprint density at radius 3 is 2.73 bits per heavy atom. The summed E-state index contributed by atoms with van der Waals surface area (Å²) in [5, 5.41) is 0. The largest absolute Gasteiger partial charge is 0.486 e. The molecule has 3 heteroatoms. The minimum Gasteiger partial charge on any atom is -0.486 e. The van der Waals surface area contributed by atoms with Crippen molar-refractivity contribution in [3.63, 3.8) is 0 Å². The fraction of sp³-hybridized carbons (Fsp3) is 0.500. The third kappa shape index (κ3) is 3.20. The SMILES string of the molecule is CCC(N)C(C)Oc1cc(C)ccc1F. The van der Waals surface area contributed by atoms with Crippen LogP contribution in [-0.2, 0) is 0 Å². The number of halogens is 1. The summed E-state index contributed by atoms with van der Waals surface area (Å²) in [6, 6.07) is 4.75. The first-order chi connectivity index (χ1) is 7.04. The molecule has 2 nitrogen and oxygen atoms in total. The highest BCUT2D eigenvalue weighted by molar-refractivity contribution is 5.29. The molecule has 0 radical (unpaired) electrons. The smallest absolute Gasteiger partial charge is 0.165 e. The van der Waals surface area contributed by atoms with Crippen LogP contribution in [0.4, 0.5) is 4.39 Å². The van der Waals surface area contributed by atoms with E-state index in [4.69, 9.17) is 10.5 Å². The molecule has 0 saturated carbocycles. The maximum absolute atomic E-state index is 13.3. The molecule has 2 N–H and O–H groups in total. The second-order valence-corrected chi connectivity index (χ2v) is 3.83. The Bertz CT molecular complexity index is 327. The van der Waals surface area contributed by atoms with Crippen molar-refractivity contribution in [1.29, 1.82) is 0 Å². The average Bonchev–Trinajstić information content (AvgIpc) is 2.22. The van der Waals surface area contributed by atoms with E-state index in [0.717, 1.165) is 12.0 Å². The molecule has 15 heavy (non-hydrogen) atoms. The van der Waals surface area contributed by atoms with E-state index in [0.29, 0.717) is 0 Å². The van der Waals surface area contributed by atoms with Crippen LogP contribution < -0.4 is 10.5 Å². The maximum Gasteiger partial charge on any atom is 0.165 e. The minimum absolute atomic E-state index is 0.0649. The molecule has 0 aliphatic rings. The van der Waals surface area contributed by atoms with Crippen LogP contribution in [0.25, 0.3) is 0 Å². The van der Waals surface area contributed by atoms with Crippen LogP contribution in [0.1, 0.15) is 25.8 Å². The van der Waals surface area contributed by atoms with Crippen LogP contribution in [-0.4, -0.2) is 12.1 Å². The summed E-state index contributed by atoms with van der Waals surface area (Å²) >= 11 is 0. The van der Waals surface area contributed by atoms with Gasteiger partial charge in [0.25, 0.3) is 0 Å². The summed E-state index contributed by atoms with van der Waals surface area (Å²) in [6.45, 7) is 5.74. The first-order valence-corrected chi connectivity index (χ1v) is 5.23. The number of ether oxygens (including phenoxy) is 1. The standard InChI is InChI=1S/C12H18FNO/c1-4-11(14)9(3)15-12-7-8(2)5-6-10(12)13/h5-7,9,11H,4,14H2,1-3H3. The van der Waals surface area contributed by atoms with Crippen LogP contribution in [0.5, 0.6) is 5.75 Å². The summed E-state index contributed by atoms with van der Waals surface area (Å²) in [7, 11) is 0. The third-order valence-corrected chi connectivity index (χ3v) is 2.47. The quantitative estimate of drug-likeness (QED) is 0.831. The molecular weight excluding hydrogens is 193 g/mol. The zero-order valence-corrected chi connectivity index (χ0v) is 9.46. The van der Waals surface area contributed by atoms with Crippen LogP contribution >= 0.6 is 0 Å². The van der Waals surface area contributed by atoms with E-state index in [-0.39, 0.29) is 23.7 Å². The van der Waals surface area contributed by atoms with Crippen molar-refractivity contribution in [1.82, 2.24) is 0 Å². The number of hydrogen-bond donors (Lipinski definition) is 1. The van der Waals surface area contributed by atoms with Gasteiger partial charge < -0.3 is 10.5 Å². The molecule has 0 spiro atoms. The van der Waals surface area contributed by atoms with E-state index in [1.807, 2.05) is 20.8 Å². The fourth-order valence-electron chi connectivity index (χ4n) is 1.32. The van der Waals surface area contributed by atoms with Crippen molar-refractivity contribution in [3.05, 3.63) is 29.6 Å². The maximum atomic E-state index is 13.3. The van der Waals surface area contributed by atoms with E-state index in [1.54, 1.807) is 12.1 Å².